The van der Waals surface area contributed by atoms with Gasteiger partial charge in [-0.1, -0.05) is 25.3 Å². The monoisotopic (exact) mass is 459 g/mol. The summed E-state index contributed by atoms with van der Waals surface area (Å²) in [4.78, 5) is 27.9. The Morgan fingerprint density at radius 3 is 2.48 bits per heavy atom. The number of aromatic nitrogens is 4. The molecular weight excluding hydrogens is 436 g/mol. The number of aliphatic hydroxyl groups is 1. The highest BCUT2D eigenvalue weighted by Crippen LogP contribution is 2.31. The lowest BCUT2D eigenvalue weighted by molar-refractivity contribution is 0.238. The summed E-state index contributed by atoms with van der Waals surface area (Å²) in [5.74, 6) is -1.57. The van der Waals surface area contributed by atoms with E-state index in [-0.39, 0.29) is 12.6 Å². The summed E-state index contributed by atoms with van der Waals surface area (Å²) in [6.07, 6.45) is 4.25. The maximum Gasteiger partial charge on any atom is 0.377 e. The number of carbonyl (C=O) groups is 1. The zero-order valence-electron chi connectivity index (χ0n) is 17.9. The molecule has 1 amide bonds. The third-order valence-electron chi connectivity index (χ3n) is 5.77. The Labute approximate surface area is 187 Å². The van der Waals surface area contributed by atoms with Crippen molar-refractivity contribution in [3.63, 3.8) is 0 Å². The number of ether oxygens (including phenoxy) is 1. The first-order valence-electron chi connectivity index (χ1n) is 10.6. The van der Waals surface area contributed by atoms with Gasteiger partial charge in [0.25, 0.3) is 0 Å². The van der Waals surface area contributed by atoms with E-state index in [1.54, 1.807) is 18.2 Å². The molecule has 0 spiro atoms. The smallest absolute Gasteiger partial charge is 0.377 e. The van der Waals surface area contributed by atoms with Crippen LogP contribution in [0.3, 0.4) is 0 Å². The first kappa shape index (κ1) is 22.6. The van der Waals surface area contributed by atoms with Crippen LogP contribution in [-0.4, -0.2) is 44.1 Å². The molecule has 1 aliphatic carbocycles. The van der Waals surface area contributed by atoms with Crippen LogP contribution in [0.5, 0.6) is 5.75 Å². The van der Waals surface area contributed by atoms with E-state index in [2.05, 4.69) is 10.4 Å². The maximum atomic E-state index is 14.2. The molecule has 1 heterocycles. The molecule has 0 aliphatic heterocycles. The van der Waals surface area contributed by atoms with Crippen molar-refractivity contribution in [2.75, 3.05) is 12.0 Å². The van der Waals surface area contributed by atoms with Gasteiger partial charge in [-0.3, -0.25) is 4.90 Å². The number of anilines is 1. The zero-order chi connectivity index (χ0) is 23.5. The second-order valence-corrected chi connectivity index (χ2v) is 7.75. The van der Waals surface area contributed by atoms with Crippen LogP contribution in [0.15, 0.2) is 41.2 Å². The Hall–Kier alpha value is -3.60. The number of para-hydroxylation sites is 1. The summed E-state index contributed by atoms with van der Waals surface area (Å²) >= 11 is 0. The Balaban J connectivity index is 1.78. The van der Waals surface area contributed by atoms with Gasteiger partial charge in [-0.05, 0) is 53.6 Å². The minimum absolute atomic E-state index is 0.228. The van der Waals surface area contributed by atoms with Crippen molar-refractivity contribution in [1.82, 2.24) is 19.8 Å². The molecule has 0 radical (unpaired) electrons. The van der Waals surface area contributed by atoms with Gasteiger partial charge in [0.05, 0.1) is 13.7 Å². The molecule has 4 rings (SSSR count). The molecule has 1 fully saturated rings. The van der Waals surface area contributed by atoms with Crippen molar-refractivity contribution in [3.05, 3.63) is 64.1 Å². The highest BCUT2D eigenvalue weighted by molar-refractivity contribution is 5.93. The SMILES string of the molecule is COc1ccc(N(C(=O)n2nnn(-c3c(F)cccc3F)c2=O)C2CCCCC2)cc1CO. The summed E-state index contributed by atoms with van der Waals surface area (Å²) < 4.78 is 34.5. The molecule has 11 heteroatoms. The minimum Gasteiger partial charge on any atom is -0.496 e. The molecule has 0 unspecified atom stereocenters. The molecule has 33 heavy (non-hydrogen) atoms. The zero-order valence-corrected chi connectivity index (χ0v) is 17.9. The fraction of sp³-hybridized carbons (Fsp3) is 0.364. The van der Waals surface area contributed by atoms with Gasteiger partial charge in [0.15, 0.2) is 11.6 Å². The number of halogens is 2. The van der Waals surface area contributed by atoms with Crippen LogP contribution in [-0.2, 0) is 6.61 Å². The van der Waals surface area contributed by atoms with Gasteiger partial charge in [0, 0.05) is 17.3 Å². The van der Waals surface area contributed by atoms with Gasteiger partial charge in [-0.2, -0.15) is 4.68 Å². The first-order chi connectivity index (χ1) is 16.0. The number of amides is 1. The third-order valence-corrected chi connectivity index (χ3v) is 5.77. The van der Waals surface area contributed by atoms with Crippen LogP contribution in [0, 0.1) is 11.6 Å². The minimum atomic E-state index is -1.10. The lowest BCUT2D eigenvalue weighted by atomic mass is 9.94. The molecule has 1 N–H and O–H groups in total. The highest BCUT2D eigenvalue weighted by Gasteiger charge is 2.31. The molecule has 2 aromatic carbocycles. The van der Waals surface area contributed by atoms with Crippen LogP contribution < -0.4 is 15.3 Å². The van der Waals surface area contributed by atoms with E-state index < -0.39 is 29.0 Å². The van der Waals surface area contributed by atoms with E-state index in [0.29, 0.717) is 39.2 Å². The van der Waals surface area contributed by atoms with Crippen LogP contribution in [0.25, 0.3) is 5.69 Å². The number of aliphatic hydroxyl groups excluding tert-OH is 1. The number of tetrazole rings is 1. The number of carbonyl (C=O) groups excluding carboxylic acids is 1. The predicted octanol–water partition coefficient (Wildman–Crippen LogP) is 3.02. The number of methoxy groups -OCH3 is 1. The molecule has 174 valence electrons. The molecule has 0 bridgehead atoms. The third kappa shape index (κ3) is 4.23. The quantitative estimate of drug-likeness (QED) is 0.589. The van der Waals surface area contributed by atoms with Crippen LogP contribution in [0.4, 0.5) is 19.3 Å². The van der Waals surface area contributed by atoms with E-state index in [9.17, 15) is 23.5 Å². The number of hydrogen-bond acceptors (Lipinski definition) is 6. The van der Waals surface area contributed by atoms with E-state index in [0.717, 1.165) is 37.5 Å². The normalized spacial score (nSPS) is 14.3. The molecular formula is C22H23F2N5O4. The van der Waals surface area contributed by atoms with Gasteiger partial charge >= 0.3 is 11.7 Å². The van der Waals surface area contributed by atoms with Crippen molar-refractivity contribution in [2.24, 2.45) is 0 Å². The maximum absolute atomic E-state index is 14.2. The van der Waals surface area contributed by atoms with Crippen LogP contribution in [0.1, 0.15) is 37.7 Å². The number of rotatable bonds is 5. The second kappa shape index (κ2) is 9.49. The fourth-order valence-corrected chi connectivity index (χ4v) is 4.16. The molecule has 0 atom stereocenters. The number of nitrogens with zero attached hydrogens (tertiary/aromatic N) is 5. The van der Waals surface area contributed by atoms with Crippen LogP contribution >= 0.6 is 0 Å². The highest BCUT2D eigenvalue weighted by atomic mass is 19.1. The summed E-state index contributed by atoms with van der Waals surface area (Å²) in [7, 11) is 1.47. The van der Waals surface area contributed by atoms with E-state index >= 15 is 0 Å². The molecule has 1 aliphatic rings. The number of hydrogen-bond donors (Lipinski definition) is 1. The first-order valence-corrected chi connectivity index (χ1v) is 10.6. The fourth-order valence-electron chi connectivity index (χ4n) is 4.16. The summed E-state index contributed by atoms with van der Waals surface area (Å²) in [5, 5.41) is 16.9. The van der Waals surface area contributed by atoms with E-state index in [4.69, 9.17) is 4.74 Å². The summed E-state index contributed by atoms with van der Waals surface area (Å²) in [6.45, 7) is -0.313. The largest absolute Gasteiger partial charge is 0.496 e. The van der Waals surface area contributed by atoms with E-state index in [1.807, 2.05) is 0 Å². The number of benzene rings is 2. The lowest BCUT2D eigenvalue weighted by Crippen LogP contribution is -2.47. The van der Waals surface area contributed by atoms with Gasteiger partial charge in [-0.15, -0.1) is 4.68 Å². The van der Waals surface area contributed by atoms with Gasteiger partial charge < -0.3 is 9.84 Å². The molecule has 3 aromatic rings. The average molecular weight is 459 g/mol. The van der Waals surface area contributed by atoms with Crippen molar-refractivity contribution in [3.8, 4) is 11.4 Å². The van der Waals surface area contributed by atoms with Gasteiger partial charge in [0.2, 0.25) is 0 Å². The van der Waals surface area contributed by atoms with Crippen LogP contribution in [0.2, 0.25) is 0 Å². The topological polar surface area (TPSA) is 102 Å². The molecule has 1 saturated carbocycles. The van der Waals surface area contributed by atoms with Crippen molar-refractivity contribution >= 4 is 11.7 Å². The van der Waals surface area contributed by atoms with Crippen molar-refractivity contribution in [1.29, 1.82) is 0 Å². The standard InChI is InChI=1S/C22H23F2N5O4/c1-33-19-11-10-16(12-14(19)13-30)27(15-6-3-2-4-7-15)21(31)29-22(32)28(25-26-29)20-17(23)8-5-9-18(20)24/h5,8-12,15,30H,2-4,6-7,13H2,1H3. The predicted molar refractivity (Wildman–Crippen MR) is 115 cm³/mol. The second-order valence-electron chi connectivity index (χ2n) is 7.75. The summed E-state index contributed by atoms with van der Waals surface area (Å²) in [5.41, 5.74) is -0.901. The summed E-state index contributed by atoms with van der Waals surface area (Å²) in [6, 6.07) is 6.97. The Morgan fingerprint density at radius 2 is 1.85 bits per heavy atom. The van der Waals surface area contributed by atoms with Gasteiger partial charge in [0.1, 0.15) is 11.4 Å². The molecule has 0 saturated heterocycles. The van der Waals surface area contributed by atoms with Gasteiger partial charge in [-0.25, -0.2) is 18.4 Å². The van der Waals surface area contributed by atoms with E-state index in [1.165, 1.54) is 12.0 Å². The lowest BCUT2D eigenvalue weighted by Gasteiger charge is -2.34. The Morgan fingerprint density at radius 1 is 1.15 bits per heavy atom. The average Bonchev–Trinajstić information content (AvgIpc) is 3.20. The molecule has 9 nitrogen and oxygen atoms in total. The Kier molecular flexibility index (Phi) is 6.50. The van der Waals surface area contributed by atoms with Crippen molar-refractivity contribution < 1.29 is 23.4 Å². The molecule has 1 aromatic heterocycles. The van der Waals surface area contributed by atoms with Crippen molar-refractivity contribution in [2.45, 2.75) is 44.8 Å². The Bertz CT molecular complexity index is 1200.